The van der Waals surface area contributed by atoms with Crippen LogP contribution >= 0.6 is 34.9 Å². The van der Waals surface area contributed by atoms with E-state index in [9.17, 15) is 34.5 Å². The molecule has 2 aliphatic rings. The molecular weight excluding hydrogens is 675 g/mol. The van der Waals surface area contributed by atoms with Crippen LogP contribution in [-0.2, 0) is 24.0 Å². The molecule has 0 radical (unpaired) electrons. The minimum absolute atomic E-state index is 0.00288. The van der Waals surface area contributed by atoms with Gasteiger partial charge in [-0.2, -0.15) is 4.57 Å². The second-order valence-electron chi connectivity index (χ2n) is 10.6. The summed E-state index contributed by atoms with van der Waals surface area (Å²) in [4.78, 5) is 65.2. The van der Waals surface area contributed by atoms with Crippen molar-refractivity contribution in [3.8, 4) is 11.4 Å². The molecular formula is C27H28N9O8S3+. The molecule has 1 fully saturated rings. The predicted octanol–water partition coefficient (Wildman–Crippen LogP) is 0.382. The van der Waals surface area contributed by atoms with E-state index in [2.05, 4.69) is 20.4 Å². The number of nitrogens with two attached hydrogens (primary N) is 3. The molecule has 246 valence electrons. The zero-order valence-corrected chi connectivity index (χ0v) is 27.1. The number of anilines is 3. The number of rotatable bonds is 11. The van der Waals surface area contributed by atoms with E-state index >= 15 is 0 Å². The van der Waals surface area contributed by atoms with E-state index in [0.29, 0.717) is 16.4 Å². The number of thioether (sulfide) groups is 2. The number of nitrogen functional groups attached to an aromatic ring is 3. The van der Waals surface area contributed by atoms with E-state index < -0.39 is 46.5 Å². The molecule has 2 aliphatic heterocycles. The number of hydrogen-bond donors (Lipinski definition) is 7. The molecule has 2 aromatic heterocycles. The van der Waals surface area contributed by atoms with Crippen molar-refractivity contribution in [2.45, 2.75) is 36.0 Å². The number of carbonyl (C=O) groups excluding carboxylic acids is 2. The Bertz CT molecular complexity index is 1840. The van der Waals surface area contributed by atoms with E-state index in [1.807, 2.05) is 0 Å². The molecule has 2 unspecified atom stereocenters. The number of carbonyl (C=O) groups is 4. The van der Waals surface area contributed by atoms with Gasteiger partial charge >= 0.3 is 17.1 Å². The van der Waals surface area contributed by atoms with Crippen LogP contribution in [0.4, 0.5) is 16.8 Å². The highest BCUT2D eigenvalue weighted by Crippen LogP contribution is 2.41. The molecule has 17 nitrogen and oxygen atoms in total. The van der Waals surface area contributed by atoms with E-state index in [4.69, 9.17) is 22.0 Å². The Labute approximate surface area is 278 Å². The van der Waals surface area contributed by atoms with Crippen molar-refractivity contribution in [3.63, 3.8) is 0 Å². The zero-order valence-electron chi connectivity index (χ0n) is 24.6. The summed E-state index contributed by atoms with van der Waals surface area (Å²) >= 11 is 3.40. The molecule has 20 heteroatoms. The largest absolute Gasteiger partial charge is 0.508 e. The summed E-state index contributed by atoms with van der Waals surface area (Å²) in [6.45, 7) is 2.46. The first-order valence-electron chi connectivity index (χ1n) is 13.5. The standard InChI is InChI=1S/C27H27N9O8S3/c1-27(2,24(42)43)44-34-17(14-10-46-25(30)31-14)20(38)33-18-21(39)36-19(23(40)41)11(8-45-22(18)36)9-47-26-32-15(28)7-16(29)35(26)12-3-5-13(37)6-4-12/h3-7,10,18,22H,8-9H2,1-2H3,(H9,28,29,30,31,33,37,38,40,41,42,43)/p+1/b34-17-. The summed E-state index contributed by atoms with van der Waals surface area (Å²) in [6, 6.07) is 6.55. The number of phenolic OH excluding ortho intramolecular Hbond substituents is 1. The minimum Gasteiger partial charge on any atom is -0.508 e. The Kier molecular flexibility index (Phi) is 9.18. The molecule has 2 atom stereocenters. The fraction of sp³-hybridized carbons (Fsp3) is 0.259. The molecule has 0 bridgehead atoms. The lowest BCUT2D eigenvalue weighted by Gasteiger charge is -2.49. The molecule has 0 saturated carbocycles. The quantitative estimate of drug-likeness (QED) is 0.0355. The number of carboxylic acids is 2. The minimum atomic E-state index is -1.79. The predicted molar refractivity (Wildman–Crippen MR) is 173 cm³/mol. The van der Waals surface area contributed by atoms with Crippen LogP contribution in [0.15, 0.2) is 57.3 Å². The average Bonchev–Trinajstić information content (AvgIpc) is 3.44. The van der Waals surface area contributed by atoms with E-state index in [1.165, 1.54) is 49.2 Å². The molecule has 5 rings (SSSR count). The summed E-state index contributed by atoms with van der Waals surface area (Å²) in [5.41, 5.74) is 16.4. The van der Waals surface area contributed by atoms with Crippen molar-refractivity contribution in [1.82, 2.24) is 20.2 Å². The number of oxime groups is 1. The number of thiazole rings is 1. The van der Waals surface area contributed by atoms with Crippen LogP contribution in [0, 0.1) is 0 Å². The van der Waals surface area contributed by atoms with E-state index in [-0.39, 0.29) is 45.4 Å². The molecule has 0 aliphatic carbocycles. The molecule has 10 N–H and O–H groups in total. The second kappa shape index (κ2) is 13.0. The lowest BCUT2D eigenvalue weighted by Crippen LogP contribution is -2.71. The van der Waals surface area contributed by atoms with Gasteiger partial charge in [-0.25, -0.2) is 14.6 Å². The molecule has 1 aromatic carbocycles. The van der Waals surface area contributed by atoms with Crippen molar-refractivity contribution in [2.75, 3.05) is 28.7 Å². The normalized spacial score (nSPS) is 18.0. The van der Waals surface area contributed by atoms with E-state index in [1.54, 1.807) is 16.7 Å². The summed E-state index contributed by atoms with van der Waals surface area (Å²) in [5.74, 6) is -3.49. The summed E-state index contributed by atoms with van der Waals surface area (Å²) in [6.07, 6.45) is 0. The highest BCUT2D eigenvalue weighted by Gasteiger charge is 2.54. The van der Waals surface area contributed by atoms with Gasteiger partial charge in [-0.3, -0.25) is 14.5 Å². The van der Waals surface area contributed by atoms with Gasteiger partial charge in [-0.05, 0) is 55.4 Å². The average molecular weight is 703 g/mol. The number of amides is 2. The highest BCUT2D eigenvalue weighted by atomic mass is 32.2. The fourth-order valence-corrected chi connectivity index (χ4v) is 7.51. The van der Waals surface area contributed by atoms with Crippen molar-refractivity contribution in [1.29, 1.82) is 0 Å². The third-order valence-electron chi connectivity index (χ3n) is 6.85. The van der Waals surface area contributed by atoms with Crippen LogP contribution in [0.25, 0.3) is 5.69 Å². The molecule has 47 heavy (non-hydrogen) atoms. The van der Waals surface area contributed by atoms with Crippen LogP contribution in [0.5, 0.6) is 5.75 Å². The second-order valence-corrected chi connectivity index (χ2v) is 13.5. The Balaban J connectivity index is 1.36. The van der Waals surface area contributed by atoms with Gasteiger partial charge in [0.1, 0.15) is 34.2 Å². The Morgan fingerprint density at radius 3 is 2.51 bits per heavy atom. The number of aromatic nitrogens is 3. The number of hydrogen-bond acceptors (Lipinski definition) is 15. The monoisotopic (exact) mass is 702 g/mol. The first kappa shape index (κ1) is 33.3. The molecule has 2 amide bonds. The number of fused-ring (bicyclic) bond motifs is 1. The fourth-order valence-electron chi connectivity index (χ4n) is 4.43. The van der Waals surface area contributed by atoms with Crippen molar-refractivity contribution < 1.29 is 43.9 Å². The molecule has 3 aromatic rings. The lowest BCUT2D eigenvalue weighted by molar-refractivity contribution is -0.626. The maximum absolute atomic E-state index is 13.3. The Hall–Kier alpha value is -5.08. The van der Waals surface area contributed by atoms with Crippen LogP contribution in [0.2, 0.25) is 0 Å². The van der Waals surface area contributed by atoms with Gasteiger partial charge in [0.2, 0.25) is 17.2 Å². The maximum atomic E-state index is 13.3. The van der Waals surface area contributed by atoms with Gasteiger partial charge in [0.15, 0.2) is 10.8 Å². The number of aromatic hydroxyl groups is 1. The van der Waals surface area contributed by atoms with Crippen molar-refractivity contribution in [3.05, 3.63) is 52.7 Å². The number of carboxylic acid groups (broad SMARTS) is 2. The summed E-state index contributed by atoms with van der Waals surface area (Å²) in [7, 11) is 0. The third-order valence-corrected chi connectivity index (χ3v) is 9.89. The third kappa shape index (κ3) is 6.74. The van der Waals surface area contributed by atoms with Gasteiger partial charge in [-0.1, -0.05) is 10.1 Å². The highest BCUT2D eigenvalue weighted by molar-refractivity contribution is 8.01. The van der Waals surface area contributed by atoms with Crippen LogP contribution in [-0.4, -0.2) is 88.2 Å². The van der Waals surface area contributed by atoms with Gasteiger partial charge < -0.3 is 42.7 Å². The van der Waals surface area contributed by atoms with Gasteiger partial charge in [-0.15, -0.1) is 23.1 Å². The van der Waals surface area contributed by atoms with Gasteiger partial charge in [0.25, 0.3) is 11.8 Å². The number of benzene rings is 1. The van der Waals surface area contributed by atoms with Crippen molar-refractivity contribution >= 4 is 81.1 Å². The first-order chi connectivity index (χ1) is 22.2. The van der Waals surface area contributed by atoms with Gasteiger partial charge in [0, 0.05) is 16.9 Å². The topological polar surface area (TPSA) is 274 Å². The maximum Gasteiger partial charge on any atom is 0.352 e. The number of aliphatic carboxylic acids is 2. The number of β-lactam (4-membered cyclic amide) rings is 1. The summed E-state index contributed by atoms with van der Waals surface area (Å²) in [5, 5.41) is 36.6. The van der Waals surface area contributed by atoms with Crippen LogP contribution in [0.1, 0.15) is 19.5 Å². The Morgan fingerprint density at radius 1 is 1.19 bits per heavy atom. The SMILES string of the molecule is CC(C)(O/N=C(\C(=O)NC1C(=O)N2C(C(=O)O)=C(CSc3nc(N)cc(N)[n+]3-c3ccc(O)cc3)CSC12)c1csc(N)n1)C(=O)O. The van der Waals surface area contributed by atoms with E-state index in [0.717, 1.165) is 28.0 Å². The zero-order chi connectivity index (χ0) is 34.2. The molecule has 0 spiro atoms. The molecule has 1 saturated heterocycles. The molecule has 4 heterocycles. The van der Waals surface area contributed by atoms with Gasteiger partial charge in [0.05, 0.1) is 6.07 Å². The van der Waals surface area contributed by atoms with Crippen LogP contribution < -0.4 is 27.1 Å². The number of phenols is 1. The Morgan fingerprint density at radius 2 is 1.89 bits per heavy atom. The lowest BCUT2D eigenvalue weighted by atomic mass is 10.0. The first-order valence-corrected chi connectivity index (χ1v) is 16.4. The summed E-state index contributed by atoms with van der Waals surface area (Å²) < 4.78 is 1.59. The number of nitrogens with one attached hydrogen (secondary N) is 1. The van der Waals surface area contributed by atoms with Crippen LogP contribution in [0.3, 0.4) is 0 Å². The smallest absolute Gasteiger partial charge is 0.352 e. The number of nitrogens with zero attached hydrogens (tertiary/aromatic N) is 5. The van der Waals surface area contributed by atoms with Crippen molar-refractivity contribution in [2.24, 2.45) is 5.16 Å².